The molecule has 98 valence electrons. The topological polar surface area (TPSA) is 66.8 Å². The van der Waals surface area contributed by atoms with Gasteiger partial charge in [-0.2, -0.15) is 0 Å². The van der Waals surface area contributed by atoms with Crippen molar-refractivity contribution in [3.8, 4) is 22.6 Å². The molecule has 0 saturated heterocycles. The number of aliphatic hydroxyl groups is 1. The fraction of sp³-hybridized carbons (Fsp3) is 0.133. The summed E-state index contributed by atoms with van der Waals surface area (Å²) in [5, 5.41) is 19.3. The highest BCUT2D eigenvalue weighted by molar-refractivity contribution is 5.91. The predicted molar refractivity (Wildman–Crippen MR) is 71.4 cm³/mol. The molecule has 0 saturated carbocycles. The van der Waals surface area contributed by atoms with Crippen molar-refractivity contribution < 1.29 is 19.7 Å². The first-order valence-electron chi connectivity index (χ1n) is 5.77. The molecule has 0 fully saturated rings. The lowest BCUT2D eigenvalue weighted by molar-refractivity contribution is 0.112. The summed E-state index contributed by atoms with van der Waals surface area (Å²) >= 11 is 0. The van der Waals surface area contributed by atoms with Gasteiger partial charge in [-0.1, -0.05) is 30.3 Å². The summed E-state index contributed by atoms with van der Waals surface area (Å²) in [5.74, 6) is 0.0280. The van der Waals surface area contributed by atoms with Crippen LogP contribution in [0.15, 0.2) is 36.4 Å². The van der Waals surface area contributed by atoms with Crippen molar-refractivity contribution in [2.24, 2.45) is 0 Å². The SMILES string of the molecule is COc1c(O)cc(-c2ccccc2)c(C=O)c1CO. The molecule has 0 amide bonds. The molecule has 0 atom stereocenters. The Morgan fingerprint density at radius 2 is 1.95 bits per heavy atom. The number of aldehydes is 1. The van der Waals surface area contributed by atoms with Crippen LogP contribution in [0.4, 0.5) is 0 Å². The average molecular weight is 258 g/mol. The van der Waals surface area contributed by atoms with Crippen molar-refractivity contribution in [1.82, 2.24) is 0 Å². The highest BCUT2D eigenvalue weighted by Gasteiger charge is 2.18. The summed E-state index contributed by atoms with van der Waals surface area (Å²) in [6.07, 6.45) is 0.663. The van der Waals surface area contributed by atoms with Gasteiger partial charge in [0.2, 0.25) is 0 Å². The van der Waals surface area contributed by atoms with E-state index in [9.17, 15) is 15.0 Å². The summed E-state index contributed by atoms with van der Waals surface area (Å²) in [7, 11) is 1.38. The van der Waals surface area contributed by atoms with Gasteiger partial charge >= 0.3 is 0 Å². The molecule has 4 nitrogen and oxygen atoms in total. The second-order valence-corrected chi connectivity index (χ2v) is 4.01. The average Bonchev–Trinajstić information content (AvgIpc) is 2.46. The van der Waals surface area contributed by atoms with E-state index in [-0.39, 0.29) is 23.7 Å². The summed E-state index contributed by atoms with van der Waals surface area (Å²) in [5.41, 5.74) is 1.97. The van der Waals surface area contributed by atoms with E-state index in [0.29, 0.717) is 17.4 Å². The second-order valence-electron chi connectivity index (χ2n) is 4.01. The van der Waals surface area contributed by atoms with Gasteiger partial charge in [-0.15, -0.1) is 0 Å². The molecule has 2 rings (SSSR count). The zero-order valence-corrected chi connectivity index (χ0v) is 10.5. The Labute approximate surface area is 110 Å². The predicted octanol–water partition coefficient (Wildman–Crippen LogP) is 2.37. The lowest BCUT2D eigenvalue weighted by Crippen LogP contribution is -2.01. The molecular formula is C15H14O4. The van der Waals surface area contributed by atoms with Gasteiger partial charge in [0.1, 0.15) is 0 Å². The normalized spacial score (nSPS) is 10.2. The quantitative estimate of drug-likeness (QED) is 0.826. The maximum absolute atomic E-state index is 11.3. The fourth-order valence-electron chi connectivity index (χ4n) is 2.10. The van der Waals surface area contributed by atoms with Crippen molar-refractivity contribution in [2.75, 3.05) is 7.11 Å². The molecule has 2 aromatic carbocycles. The monoisotopic (exact) mass is 258 g/mol. The van der Waals surface area contributed by atoms with Crippen LogP contribution < -0.4 is 4.74 Å². The van der Waals surface area contributed by atoms with Gasteiger partial charge in [-0.05, 0) is 17.2 Å². The summed E-state index contributed by atoms with van der Waals surface area (Å²) in [4.78, 5) is 11.3. The number of ether oxygens (including phenoxy) is 1. The number of aromatic hydroxyl groups is 1. The Balaban J connectivity index is 2.75. The van der Waals surface area contributed by atoms with Gasteiger partial charge in [-0.3, -0.25) is 4.79 Å². The minimum absolute atomic E-state index is 0.101. The van der Waals surface area contributed by atoms with Crippen LogP contribution in [-0.4, -0.2) is 23.6 Å². The first kappa shape index (κ1) is 13.1. The number of carbonyl (C=O) groups excluding carboxylic acids is 1. The van der Waals surface area contributed by atoms with E-state index in [0.717, 1.165) is 5.56 Å². The number of carbonyl (C=O) groups is 1. The van der Waals surface area contributed by atoms with Gasteiger partial charge in [0.15, 0.2) is 17.8 Å². The molecule has 4 heteroatoms. The van der Waals surface area contributed by atoms with Gasteiger partial charge < -0.3 is 14.9 Å². The number of methoxy groups -OCH3 is 1. The lowest BCUT2D eigenvalue weighted by atomic mass is 9.95. The number of phenols is 1. The van der Waals surface area contributed by atoms with Crippen molar-refractivity contribution in [1.29, 1.82) is 0 Å². The maximum Gasteiger partial charge on any atom is 0.166 e. The number of hydrogen-bond donors (Lipinski definition) is 2. The van der Waals surface area contributed by atoms with Gasteiger partial charge in [0.25, 0.3) is 0 Å². The van der Waals surface area contributed by atoms with Gasteiger partial charge in [0, 0.05) is 11.1 Å². The van der Waals surface area contributed by atoms with Crippen molar-refractivity contribution in [3.05, 3.63) is 47.5 Å². The Hall–Kier alpha value is -2.33. The minimum Gasteiger partial charge on any atom is -0.504 e. The third-order valence-corrected chi connectivity index (χ3v) is 2.97. The zero-order chi connectivity index (χ0) is 13.8. The zero-order valence-electron chi connectivity index (χ0n) is 10.5. The van der Waals surface area contributed by atoms with E-state index in [1.54, 1.807) is 0 Å². The van der Waals surface area contributed by atoms with E-state index >= 15 is 0 Å². The first-order valence-corrected chi connectivity index (χ1v) is 5.77. The maximum atomic E-state index is 11.3. The molecule has 2 aromatic rings. The van der Waals surface area contributed by atoms with Crippen LogP contribution in [-0.2, 0) is 6.61 Å². The first-order chi connectivity index (χ1) is 9.22. The fourth-order valence-corrected chi connectivity index (χ4v) is 2.10. The molecule has 0 aromatic heterocycles. The Morgan fingerprint density at radius 3 is 2.47 bits per heavy atom. The van der Waals surface area contributed by atoms with Crippen LogP contribution in [0.25, 0.3) is 11.1 Å². The van der Waals surface area contributed by atoms with E-state index < -0.39 is 0 Å². The highest BCUT2D eigenvalue weighted by Crippen LogP contribution is 2.38. The molecule has 0 unspecified atom stereocenters. The smallest absolute Gasteiger partial charge is 0.166 e. The van der Waals surface area contributed by atoms with E-state index in [4.69, 9.17) is 4.74 Å². The molecule has 0 aliphatic rings. The van der Waals surface area contributed by atoms with Crippen LogP contribution in [0.5, 0.6) is 11.5 Å². The molecule has 19 heavy (non-hydrogen) atoms. The van der Waals surface area contributed by atoms with Crippen molar-refractivity contribution in [2.45, 2.75) is 6.61 Å². The number of hydrogen-bond acceptors (Lipinski definition) is 4. The molecule has 0 bridgehead atoms. The Bertz CT molecular complexity index is 591. The Kier molecular flexibility index (Phi) is 3.82. The van der Waals surface area contributed by atoms with Crippen LogP contribution >= 0.6 is 0 Å². The van der Waals surface area contributed by atoms with E-state index in [1.165, 1.54) is 13.2 Å². The van der Waals surface area contributed by atoms with E-state index in [1.807, 2.05) is 30.3 Å². The molecule has 0 radical (unpaired) electrons. The van der Waals surface area contributed by atoms with Crippen LogP contribution in [0.3, 0.4) is 0 Å². The molecule has 0 spiro atoms. The summed E-state index contributed by atoms with van der Waals surface area (Å²) in [6, 6.07) is 10.7. The third-order valence-electron chi connectivity index (χ3n) is 2.97. The summed E-state index contributed by atoms with van der Waals surface area (Å²) < 4.78 is 5.03. The number of aliphatic hydroxyl groups excluding tert-OH is 1. The molecule has 2 N–H and O–H groups in total. The van der Waals surface area contributed by atoms with Crippen LogP contribution in [0.2, 0.25) is 0 Å². The molecule has 0 aliphatic carbocycles. The van der Waals surface area contributed by atoms with Crippen molar-refractivity contribution >= 4 is 6.29 Å². The second kappa shape index (κ2) is 5.54. The van der Waals surface area contributed by atoms with E-state index in [2.05, 4.69) is 0 Å². The van der Waals surface area contributed by atoms with Crippen LogP contribution in [0, 0.1) is 0 Å². The van der Waals surface area contributed by atoms with Gasteiger partial charge in [0.05, 0.1) is 13.7 Å². The minimum atomic E-state index is -0.383. The highest BCUT2D eigenvalue weighted by atomic mass is 16.5. The van der Waals surface area contributed by atoms with Crippen LogP contribution in [0.1, 0.15) is 15.9 Å². The summed E-state index contributed by atoms with van der Waals surface area (Å²) in [6.45, 7) is -0.383. The standard InChI is InChI=1S/C15H14O4/c1-19-15-13(9-17)12(8-16)11(7-14(15)18)10-5-3-2-4-6-10/h2-8,17-18H,9H2,1H3. The van der Waals surface area contributed by atoms with Gasteiger partial charge in [-0.25, -0.2) is 0 Å². The number of rotatable bonds is 4. The van der Waals surface area contributed by atoms with Crippen molar-refractivity contribution in [3.63, 3.8) is 0 Å². The third kappa shape index (κ3) is 2.30. The largest absolute Gasteiger partial charge is 0.504 e. The molecule has 0 heterocycles. The number of benzene rings is 2. The molecule has 0 aliphatic heterocycles. The Morgan fingerprint density at radius 1 is 1.26 bits per heavy atom. The molecular weight excluding hydrogens is 244 g/mol. The lowest BCUT2D eigenvalue weighted by Gasteiger charge is -2.15. The number of phenolic OH excluding ortho intramolecular Hbond substituents is 1.